The number of thiophene rings is 1. The maximum Gasteiger partial charge on any atom is 0.327 e. The molecule has 1 fully saturated rings. The highest BCUT2D eigenvalue weighted by Gasteiger charge is 2.58. The van der Waals surface area contributed by atoms with Gasteiger partial charge in [0, 0.05) is 22.0 Å². The van der Waals surface area contributed by atoms with Crippen molar-refractivity contribution < 1.29 is 19.5 Å². The second-order valence-corrected chi connectivity index (χ2v) is 11.1. The minimum Gasteiger partial charge on any atom is -0.480 e. The number of aliphatic carboxylic acids is 1. The molecule has 0 bridgehead atoms. The Kier molecular flexibility index (Phi) is 7.35. The number of carbonyl (C=O) groups excluding carboxylic acids is 2. The Hall–Kier alpha value is -4.23. The number of nitrogens with zero attached hydrogens (tertiary/aromatic N) is 1. The van der Waals surface area contributed by atoms with Crippen LogP contribution in [0.4, 0.5) is 10.5 Å². The summed E-state index contributed by atoms with van der Waals surface area (Å²) in [5.74, 6) is -2.87. The van der Waals surface area contributed by atoms with Gasteiger partial charge in [0.2, 0.25) is 0 Å². The standard InChI is InChI=1S/C32H30N2O4S/c1-19-9-13-22(14-10-19)30(35)27-26(25-8-5-17-39-25)29(31(36)37)34(28(27)23-7-4-6-21(3)18-23)32(38)33-24-15-11-20(2)12-16-24/h4-18,26-29H,1-3H3,(H,33,38)(H,36,37). The topological polar surface area (TPSA) is 86.7 Å². The highest BCUT2D eigenvalue weighted by Crippen LogP contribution is 2.52. The molecule has 1 aliphatic rings. The van der Waals surface area contributed by atoms with E-state index in [0.717, 1.165) is 27.1 Å². The molecule has 2 amide bonds. The number of carboxylic acid groups (broad SMARTS) is 1. The summed E-state index contributed by atoms with van der Waals surface area (Å²) < 4.78 is 0. The van der Waals surface area contributed by atoms with Crippen LogP contribution in [0.1, 0.15) is 49.4 Å². The molecule has 0 aliphatic carbocycles. The molecule has 1 aromatic heterocycles. The zero-order valence-electron chi connectivity index (χ0n) is 22.0. The molecule has 2 N–H and O–H groups in total. The van der Waals surface area contributed by atoms with Crippen molar-refractivity contribution in [1.82, 2.24) is 4.90 Å². The number of amides is 2. The van der Waals surface area contributed by atoms with Crippen LogP contribution in [-0.4, -0.2) is 33.8 Å². The van der Waals surface area contributed by atoms with Gasteiger partial charge in [-0.2, -0.15) is 0 Å². The molecule has 0 saturated carbocycles. The van der Waals surface area contributed by atoms with E-state index in [4.69, 9.17) is 0 Å². The van der Waals surface area contributed by atoms with Crippen molar-refractivity contribution in [2.45, 2.75) is 38.8 Å². The Morgan fingerprint density at radius 3 is 2.08 bits per heavy atom. The first-order valence-corrected chi connectivity index (χ1v) is 13.7. The molecule has 3 aromatic carbocycles. The van der Waals surface area contributed by atoms with Crippen LogP contribution in [0.2, 0.25) is 0 Å². The lowest BCUT2D eigenvalue weighted by Gasteiger charge is -2.30. The zero-order valence-corrected chi connectivity index (χ0v) is 22.8. The molecule has 4 aromatic rings. The first-order valence-electron chi connectivity index (χ1n) is 12.8. The van der Waals surface area contributed by atoms with Crippen molar-refractivity contribution in [3.8, 4) is 0 Å². The second-order valence-electron chi connectivity index (χ2n) is 10.1. The van der Waals surface area contributed by atoms with Crippen LogP contribution in [0.25, 0.3) is 0 Å². The average Bonchev–Trinajstić information content (AvgIpc) is 3.56. The third-order valence-electron chi connectivity index (χ3n) is 7.35. The van der Waals surface area contributed by atoms with E-state index in [1.165, 1.54) is 16.2 Å². The van der Waals surface area contributed by atoms with Gasteiger partial charge in [-0.3, -0.25) is 4.79 Å². The van der Waals surface area contributed by atoms with E-state index < -0.39 is 35.9 Å². The van der Waals surface area contributed by atoms with Crippen molar-refractivity contribution in [3.63, 3.8) is 0 Å². The van der Waals surface area contributed by atoms with Gasteiger partial charge in [0.15, 0.2) is 5.78 Å². The first kappa shape index (κ1) is 26.4. The summed E-state index contributed by atoms with van der Waals surface area (Å²) in [6.45, 7) is 5.84. The van der Waals surface area contributed by atoms with Gasteiger partial charge < -0.3 is 15.3 Å². The van der Waals surface area contributed by atoms with Crippen molar-refractivity contribution in [1.29, 1.82) is 0 Å². The number of likely N-dealkylation sites (tertiary alicyclic amines) is 1. The maximum absolute atomic E-state index is 14.3. The third-order valence-corrected chi connectivity index (χ3v) is 8.32. The van der Waals surface area contributed by atoms with E-state index in [0.29, 0.717) is 11.3 Å². The highest BCUT2D eigenvalue weighted by molar-refractivity contribution is 7.10. The molecule has 198 valence electrons. The van der Waals surface area contributed by atoms with E-state index in [1.54, 1.807) is 24.3 Å². The maximum atomic E-state index is 14.3. The number of nitrogens with one attached hydrogen (secondary N) is 1. The summed E-state index contributed by atoms with van der Waals surface area (Å²) in [6, 6.07) is 23.4. The number of anilines is 1. The van der Waals surface area contributed by atoms with Gasteiger partial charge in [-0.15, -0.1) is 11.3 Å². The number of rotatable bonds is 6. The second kappa shape index (κ2) is 10.9. The van der Waals surface area contributed by atoms with Gasteiger partial charge in [-0.25, -0.2) is 9.59 Å². The predicted molar refractivity (Wildman–Crippen MR) is 153 cm³/mol. The Labute approximate surface area is 231 Å². The SMILES string of the molecule is Cc1ccc(NC(=O)N2C(C(=O)O)C(c3cccs3)C(C(=O)c3ccc(C)cc3)C2c2cccc(C)c2)cc1. The summed E-state index contributed by atoms with van der Waals surface area (Å²) in [6.07, 6.45) is 0. The van der Waals surface area contributed by atoms with E-state index in [9.17, 15) is 19.5 Å². The molecule has 5 rings (SSSR count). The molecular formula is C32H30N2O4S. The lowest BCUT2D eigenvalue weighted by molar-refractivity contribution is -0.142. The van der Waals surface area contributed by atoms with Crippen LogP contribution in [0.15, 0.2) is 90.3 Å². The quantitative estimate of drug-likeness (QED) is 0.259. The van der Waals surface area contributed by atoms with Crippen LogP contribution in [0.5, 0.6) is 0 Å². The summed E-state index contributed by atoms with van der Waals surface area (Å²) in [5.41, 5.74) is 4.79. The number of aryl methyl sites for hydroxylation is 3. The Balaban J connectivity index is 1.69. The Morgan fingerprint density at radius 2 is 1.49 bits per heavy atom. The third kappa shape index (κ3) is 5.22. The van der Waals surface area contributed by atoms with Gasteiger partial charge in [-0.1, -0.05) is 83.4 Å². The fraction of sp³-hybridized carbons (Fsp3) is 0.219. The number of carboxylic acids is 1. The largest absolute Gasteiger partial charge is 0.480 e. The summed E-state index contributed by atoms with van der Waals surface area (Å²) >= 11 is 1.41. The number of hydrogen-bond acceptors (Lipinski definition) is 4. The van der Waals surface area contributed by atoms with E-state index in [-0.39, 0.29) is 5.78 Å². The molecule has 4 unspecified atom stereocenters. The van der Waals surface area contributed by atoms with E-state index in [1.807, 2.05) is 86.8 Å². The molecule has 6 nitrogen and oxygen atoms in total. The zero-order chi connectivity index (χ0) is 27.7. The van der Waals surface area contributed by atoms with Crippen molar-refractivity contribution in [3.05, 3.63) is 123 Å². The normalized spacial score (nSPS) is 20.5. The number of ketones is 1. The number of urea groups is 1. The molecule has 1 saturated heterocycles. The lowest BCUT2D eigenvalue weighted by atomic mass is 9.78. The van der Waals surface area contributed by atoms with Crippen LogP contribution in [0.3, 0.4) is 0 Å². The van der Waals surface area contributed by atoms with E-state index in [2.05, 4.69) is 5.32 Å². The van der Waals surface area contributed by atoms with Gasteiger partial charge in [-0.05, 0) is 49.9 Å². The summed E-state index contributed by atoms with van der Waals surface area (Å²) in [5, 5.41) is 15.4. The molecule has 4 atom stereocenters. The molecule has 7 heteroatoms. The Bertz CT molecular complexity index is 1500. The fourth-order valence-corrected chi connectivity index (χ4v) is 6.42. The molecule has 1 aliphatic heterocycles. The molecule has 0 spiro atoms. The lowest BCUT2D eigenvalue weighted by Crippen LogP contribution is -2.45. The van der Waals surface area contributed by atoms with Crippen molar-refractivity contribution >= 4 is 34.8 Å². The number of carbonyl (C=O) groups is 3. The number of Topliss-reactive ketones (excluding diaryl/α,β-unsaturated/α-hetero) is 1. The molecule has 0 radical (unpaired) electrons. The minimum absolute atomic E-state index is 0.184. The smallest absolute Gasteiger partial charge is 0.327 e. The molecule has 39 heavy (non-hydrogen) atoms. The van der Waals surface area contributed by atoms with Crippen LogP contribution in [0, 0.1) is 26.7 Å². The van der Waals surface area contributed by atoms with Crippen LogP contribution < -0.4 is 5.32 Å². The van der Waals surface area contributed by atoms with Gasteiger partial charge >= 0.3 is 12.0 Å². The molecular weight excluding hydrogens is 508 g/mol. The Morgan fingerprint density at radius 1 is 0.821 bits per heavy atom. The first-order chi connectivity index (χ1) is 18.7. The van der Waals surface area contributed by atoms with Crippen LogP contribution in [-0.2, 0) is 4.79 Å². The van der Waals surface area contributed by atoms with Crippen molar-refractivity contribution in [2.75, 3.05) is 5.32 Å². The average molecular weight is 539 g/mol. The van der Waals surface area contributed by atoms with Crippen LogP contribution >= 0.6 is 11.3 Å². The predicted octanol–water partition coefficient (Wildman–Crippen LogP) is 7.00. The van der Waals surface area contributed by atoms with E-state index >= 15 is 0 Å². The fourth-order valence-electron chi connectivity index (χ4n) is 5.51. The van der Waals surface area contributed by atoms with Gasteiger partial charge in [0.05, 0.1) is 12.0 Å². The van der Waals surface area contributed by atoms with Crippen molar-refractivity contribution in [2.24, 2.45) is 5.92 Å². The summed E-state index contributed by atoms with van der Waals surface area (Å²) in [4.78, 5) is 43.4. The monoisotopic (exact) mass is 538 g/mol. The molecule has 2 heterocycles. The minimum atomic E-state index is -1.25. The number of benzene rings is 3. The van der Waals surface area contributed by atoms with Gasteiger partial charge in [0.1, 0.15) is 6.04 Å². The summed E-state index contributed by atoms with van der Waals surface area (Å²) in [7, 11) is 0. The van der Waals surface area contributed by atoms with Gasteiger partial charge in [0.25, 0.3) is 0 Å². The highest BCUT2D eigenvalue weighted by atomic mass is 32.1. The number of hydrogen-bond donors (Lipinski definition) is 2.